The van der Waals surface area contributed by atoms with Crippen LogP contribution in [0.1, 0.15) is 52.4 Å². The number of rotatable bonds is 8. The topological polar surface area (TPSA) is 0 Å². The van der Waals surface area contributed by atoms with Crippen LogP contribution in [0.25, 0.3) is 0 Å². The van der Waals surface area contributed by atoms with E-state index >= 15 is 0 Å². The molecule has 0 radical (unpaired) electrons. The highest BCUT2D eigenvalue weighted by Gasteiger charge is 2.71. The molecule has 0 N–H and O–H groups in total. The Hall–Kier alpha value is -0.770. The van der Waals surface area contributed by atoms with Crippen molar-refractivity contribution in [1.29, 1.82) is 0 Å². The smallest absolute Gasteiger partial charge is 0.234 e. The first kappa shape index (κ1) is 24.2. The van der Waals surface area contributed by atoms with Gasteiger partial charge in [-0.15, -0.1) is 0 Å². The lowest BCUT2D eigenvalue weighted by atomic mass is 9.86. The van der Waals surface area contributed by atoms with Crippen molar-refractivity contribution >= 4 is 0 Å². The number of hydrogen-bond acceptors (Lipinski definition) is 0. The Labute approximate surface area is 137 Å². The van der Waals surface area contributed by atoms with Gasteiger partial charge in [0.2, 0.25) is 5.67 Å². The number of halogens is 11. The van der Waals surface area contributed by atoms with Crippen LogP contribution >= 0.6 is 0 Å². The molecule has 0 rings (SSSR count). The fourth-order valence-electron chi connectivity index (χ4n) is 2.35. The predicted molar refractivity (Wildman–Crippen MR) is 68.4 cm³/mol. The van der Waals surface area contributed by atoms with E-state index in [1.54, 1.807) is 0 Å². The van der Waals surface area contributed by atoms with Gasteiger partial charge < -0.3 is 0 Å². The van der Waals surface area contributed by atoms with Gasteiger partial charge in [-0.05, 0) is 32.1 Å². The molecule has 0 aliphatic carbocycles. The first-order valence-electron chi connectivity index (χ1n) is 7.47. The summed E-state index contributed by atoms with van der Waals surface area (Å²) in [5.41, 5.74) is -8.89. The van der Waals surface area contributed by atoms with Gasteiger partial charge in [-0.1, -0.05) is 26.2 Å². The molecule has 25 heavy (non-hydrogen) atoms. The number of alkyl halides is 11. The van der Waals surface area contributed by atoms with Gasteiger partial charge >= 0.3 is 18.5 Å². The van der Waals surface area contributed by atoms with E-state index in [0.717, 1.165) is 0 Å². The van der Waals surface area contributed by atoms with E-state index < -0.39 is 55.0 Å². The summed E-state index contributed by atoms with van der Waals surface area (Å²) in [5.74, 6) is -0.901. The lowest BCUT2D eigenvalue weighted by Crippen LogP contribution is -2.53. The minimum Gasteiger partial charge on any atom is -0.234 e. The van der Waals surface area contributed by atoms with Crippen LogP contribution in [0.4, 0.5) is 48.3 Å². The largest absolute Gasteiger partial charge is 0.431 e. The second-order valence-electron chi connectivity index (χ2n) is 6.22. The molecule has 2 unspecified atom stereocenters. The van der Waals surface area contributed by atoms with Gasteiger partial charge in [-0.3, -0.25) is 0 Å². The predicted octanol–water partition coefficient (Wildman–Crippen LogP) is 7.09. The van der Waals surface area contributed by atoms with Gasteiger partial charge in [0.1, 0.15) is 0 Å². The molecule has 0 saturated carbocycles. The molecule has 0 aromatic rings. The summed E-state index contributed by atoms with van der Waals surface area (Å²) in [7, 11) is 0. The monoisotopic (exact) mass is 396 g/mol. The zero-order valence-electron chi connectivity index (χ0n) is 13.5. The SMILES string of the molecule is CCC(CCCCC(F)(C(F)(F)F)C(F)(F)F)CC(C)(F)C(F)(F)F. The molecular weight excluding hydrogens is 377 g/mol. The van der Waals surface area contributed by atoms with E-state index in [0.29, 0.717) is 6.92 Å². The number of unbranched alkanes of at least 4 members (excludes halogenated alkanes) is 1. The molecule has 0 nitrogen and oxygen atoms in total. The average molecular weight is 396 g/mol. The summed E-state index contributed by atoms with van der Waals surface area (Å²) in [6, 6.07) is 0. The van der Waals surface area contributed by atoms with E-state index in [1.807, 2.05) is 0 Å². The van der Waals surface area contributed by atoms with E-state index in [9.17, 15) is 48.3 Å². The quantitative estimate of drug-likeness (QED) is 0.304. The molecule has 0 aliphatic rings. The molecule has 0 spiro atoms. The summed E-state index contributed by atoms with van der Waals surface area (Å²) in [4.78, 5) is 0. The first-order chi connectivity index (χ1) is 10.9. The van der Waals surface area contributed by atoms with Crippen LogP contribution in [-0.4, -0.2) is 29.9 Å². The highest BCUT2D eigenvalue weighted by molar-refractivity contribution is 4.94. The van der Waals surface area contributed by atoms with E-state index in [-0.39, 0.29) is 19.3 Å². The minimum atomic E-state index is -6.15. The molecule has 0 aliphatic heterocycles. The van der Waals surface area contributed by atoms with Crippen molar-refractivity contribution in [1.82, 2.24) is 0 Å². The molecule has 0 heterocycles. The Morgan fingerprint density at radius 1 is 0.680 bits per heavy atom. The van der Waals surface area contributed by atoms with Crippen molar-refractivity contribution in [3.05, 3.63) is 0 Å². The van der Waals surface area contributed by atoms with Crippen molar-refractivity contribution in [2.24, 2.45) is 5.92 Å². The highest BCUT2D eigenvalue weighted by atomic mass is 19.4. The minimum absolute atomic E-state index is 0.0505. The van der Waals surface area contributed by atoms with Gasteiger partial charge in [0.15, 0.2) is 0 Å². The molecule has 11 heteroatoms. The lowest BCUT2D eigenvalue weighted by Gasteiger charge is -2.30. The Morgan fingerprint density at radius 3 is 1.44 bits per heavy atom. The maximum Gasteiger partial charge on any atom is 0.431 e. The summed E-state index contributed by atoms with van der Waals surface area (Å²) in [6.45, 7) is 1.73. The van der Waals surface area contributed by atoms with Crippen LogP contribution in [0.15, 0.2) is 0 Å². The van der Waals surface area contributed by atoms with Crippen LogP contribution in [0.2, 0.25) is 0 Å². The Morgan fingerprint density at radius 2 is 1.12 bits per heavy atom. The summed E-state index contributed by atoms with van der Waals surface area (Å²) in [5, 5.41) is 0. The third-order valence-corrected chi connectivity index (χ3v) is 4.12. The van der Waals surface area contributed by atoms with Crippen LogP contribution < -0.4 is 0 Å². The third kappa shape index (κ3) is 6.16. The normalized spacial score (nSPS) is 18.1. The Bertz CT molecular complexity index is 388. The highest BCUT2D eigenvalue weighted by Crippen LogP contribution is 2.49. The van der Waals surface area contributed by atoms with E-state index in [2.05, 4.69) is 0 Å². The van der Waals surface area contributed by atoms with Crippen LogP contribution in [-0.2, 0) is 0 Å². The van der Waals surface area contributed by atoms with Crippen LogP contribution in [0.5, 0.6) is 0 Å². The van der Waals surface area contributed by atoms with E-state index in [1.165, 1.54) is 6.92 Å². The van der Waals surface area contributed by atoms with Crippen molar-refractivity contribution in [3.63, 3.8) is 0 Å². The Balaban J connectivity index is 4.73. The van der Waals surface area contributed by atoms with Gasteiger partial charge in [0.05, 0.1) is 0 Å². The van der Waals surface area contributed by atoms with Gasteiger partial charge in [-0.25, -0.2) is 8.78 Å². The van der Waals surface area contributed by atoms with Crippen molar-refractivity contribution < 1.29 is 48.3 Å². The summed E-state index contributed by atoms with van der Waals surface area (Å²) < 4.78 is 138. The third-order valence-electron chi connectivity index (χ3n) is 4.12. The average Bonchev–Trinajstić information content (AvgIpc) is 2.37. The maximum atomic E-state index is 13.6. The molecule has 2 atom stereocenters. The van der Waals surface area contributed by atoms with Gasteiger partial charge in [0, 0.05) is 0 Å². The first-order valence-corrected chi connectivity index (χ1v) is 7.47. The summed E-state index contributed by atoms with van der Waals surface area (Å²) in [6.07, 6.45) is -21.7. The maximum absolute atomic E-state index is 13.6. The molecule has 0 fully saturated rings. The fourth-order valence-corrected chi connectivity index (χ4v) is 2.35. The Kier molecular flexibility index (Phi) is 7.61. The van der Waals surface area contributed by atoms with E-state index in [4.69, 9.17) is 0 Å². The zero-order chi connectivity index (χ0) is 20.3. The standard InChI is InChI=1S/C14H19F11/c1-3-9(8-10(2,15)12(17,18)19)6-4-5-7-11(16,13(20,21)22)14(23,24)25/h9H,3-8H2,1-2H3. The molecule has 152 valence electrons. The molecular formula is C14H19F11. The molecule has 0 bridgehead atoms. The van der Waals surface area contributed by atoms with Gasteiger partial charge in [0.25, 0.3) is 5.67 Å². The molecule has 0 amide bonds. The van der Waals surface area contributed by atoms with Gasteiger partial charge in [-0.2, -0.15) is 39.5 Å². The van der Waals surface area contributed by atoms with Crippen LogP contribution in [0, 0.1) is 5.92 Å². The molecule has 0 aromatic heterocycles. The second kappa shape index (κ2) is 7.85. The second-order valence-corrected chi connectivity index (χ2v) is 6.22. The fraction of sp³-hybridized carbons (Fsp3) is 1.00. The van der Waals surface area contributed by atoms with Crippen molar-refractivity contribution in [2.75, 3.05) is 0 Å². The lowest BCUT2D eigenvalue weighted by molar-refractivity contribution is -0.343. The molecule has 0 saturated heterocycles. The van der Waals surface area contributed by atoms with Crippen molar-refractivity contribution in [3.8, 4) is 0 Å². The van der Waals surface area contributed by atoms with Crippen LogP contribution in [0.3, 0.4) is 0 Å². The number of hydrogen-bond donors (Lipinski definition) is 0. The zero-order valence-corrected chi connectivity index (χ0v) is 13.5. The summed E-state index contributed by atoms with van der Waals surface area (Å²) >= 11 is 0. The van der Waals surface area contributed by atoms with Crippen molar-refractivity contribution in [2.45, 2.75) is 82.2 Å². The molecule has 0 aromatic carbocycles.